The molecule has 2 aliphatic carbocycles. The van der Waals surface area contributed by atoms with Crippen LogP contribution in [0.3, 0.4) is 0 Å². The van der Waals surface area contributed by atoms with E-state index in [0.29, 0.717) is 12.0 Å². The van der Waals surface area contributed by atoms with Crippen molar-refractivity contribution in [2.75, 3.05) is 0 Å². The molecule has 3 atom stereocenters. The number of rotatable bonds is 4. The third kappa shape index (κ3) is 3.51. The van der Waals surface area contributed by atoms with Crippen molar-refractivity contribution in [1.29, 1.82) is 0 Å². The van der Waals surface area contributed by atoms with E-state index in [1.807, 2.05) is 6.20 Å². The summed E-state index contributed by atoms with van der Waals surface area (Å²) in [6, 6.07) is 11.7. The molecule has 3 heterocycles. The molecule has 6 rings (SSSR count). The molecule has 0 radical (unpaired) electrons. The summed E-state index contributed by atoms with van der Waals surface area (Å²) in [5.74, 6) is 1.49. The number of hydrogen-bond acceptors (Lipinski definition) is 1. The van der Waals surface area contributed by atoms with Crippen LogP contribution in [0.5, 0.6) is 0 Å². The molecule has 1 saturated carbocycles. The number of allylic oxidation sites excluding steroid dienone is 4. The molecule has 1 aromatic carbocycles. The van der Waals surface area contributed by atoms with E-state index in [2.05, 4.69) is 80.2 Å². The van der Waals surface area contributed by atoms with Crippen molar-refractivity contribution in [3.63, 3.8) is 0 Å². The second kappa shape index (κ2) is 8.09. The van der Waals surface area contributed by atoms with Crippen LogP contribution in [0.1, 0.15) is 61.4 Å². The molecule has 158 valence electrons. The molecule has 31 heavy (non-hydrogen) atoms. The fourth-order valence-corrected chi connectivity index (χ4v) is 6.56. The molecule has 0 saturated heterocycles. The highest BCUT2D eigenvalue weighted by Crippen LogP contribution is 2.48. The number of fused-ring (bicyclic) bond motifs is 5. The second-order valence-corrected chi connectivity index (χ2v) is 10.5. The maximum Gasteiger partial charge on any atom is 0.0524 e. The minimum absolute atomic E-state index is 0.594. The zero-order valence-corrected chi connectivity index (χ0v) is 19.5. The van der Waals surface area contributed by atoms with E-state index in [1.165, 1.54) is 76.3 Å². The monoisotopic (exact) mass is 472 g/mol. The minimum atomic E-state index is 0.594. The first-order valence-corrected chi connectivity index (χ1v) is 12.7. The van der Waals surface area contributed by atoms with Gasteiger partial charge in [-0.1, -0.05) is 52.7 Å². The molecule has 3 aromatic rings. The van der Waals surface area contributed by atoms with Gasteiger partial charge in [0.05, 0.1) is 11.2 Å². The summed E-state index contributed by atoms with van der Waals surface area (Å²) in [6.45, 7) is 0. The molecule has 2 nitrogen and oxygen atoms in total. The lowest BCUT2D eigenvalue weighted by atomic mass is 9.76. The zero-order valence-electron chi connectivity index (χ0n) is 17.9. The van der Waals surface area contributed by atoms with Crippen LogP contribution in [0.25, 0.3) is 16.5 Å². The molecular weight excluding hydrogens is 444 g/mol. The molecule has 2 aromatic heterocycles. The third-order valence-corrected chi connectivity index (χ3v) is 8.29. The standard InChI is InChI=1S/C28H29BrN2/c29-23-12-7-19(8-13-23)3-1-4-20-9-14-26-22(17-20)11-10-21-5-2-6-24-25-18-30-16-15-27(25)31(26)28(21)24/h5,7-8,10-13,15-16,18,20,22,26H,1-4,6,9,14,17H2. The van der Waals surface area contributed by atoms with Gasteiger partial charge in [-0.2, -0.15) is 0 Å². The summed E-state index contributed by atoms with van der Waals surface area (Å²) in [6.07, 6.45) is 21.6. The summed E-state index contributed by atoms with van der Waals surface area (Å²) in [7, 11) is 0. The Balaban J connectivity index is 1.23. The van der Waals surface area contributed by atoms with Crippen molar-refractivity contribution in [2.24, 2.45) is 11.8 Å². The van der Waals surface area contributed by atoms with Crippen LogP contribution in [0.4, 0.5) is 0 Å². The Bertz CT molecular complexity index is 1170. The average molecular weight is 473 g/mol. The maximum atomic E-state index is 4.46. The van der Waals surface area contributed by atoms with Crippen molar-refractivity contribution >= 4 is 32.4 Å². The number of hydrogen-bond donors (Lipinski definition) is 0. The van der Waals surface area contributed by atoms with Gasteiger partial charge in [-0.05, 0) is 91.7 Å². The number of nitrogens with zero attached hydrogens (tertiary/aromatic N) is 2. The van der Waals surface area contributed by atoms with Gasteiger partial charge in [0.1, 0.15) is 0 Å². The first kappa shape index (κ1) is 19.5. The van der Waals surface area contributed by atoms with Gasteiger partial charge in [-0.15, -0.1) is 0 Å². The lowest BCUT2D eigenvalue weighted by Gasteiger charge is -2.36. The Labute approximate surface area is 193 Å². The van der Waals surface area contributed by atoms with Crippen LogP contribution in [-0.2, 0) is 12.8 Å². The predicted octanol–water partition coefficient (Wildman–Crippen LogP) is 7.68. The fraction of sp³-hybridized carbons (Fsp3) is 0.393. The van der Waals surface area contributed by atoms with E-state index >= 15 is 0 Å². The molecular formula is C28H29BrN2. The molecule has 3 heteroatoms. The SMILES string of the molecule is Brc1ccc(CCCC2CCC3C(C=CC4=CCCc5c4n3c3ccncc53)C2)cc1. The lowest BCUT2D eigenvalue weighted by Crippen LogP contribution is -2.26. The highest BCUT2D eigenvalue weighted by atomic mass is 79.9. The van der Waals surface area contributed by atoms with E-state index in [-0.39, 0.29) is 0 Å². The topological polar surface area (TPSA) is 17.8 Å². The van der Waals surface area contributed by atoms with Crippen molar-refractivity contribution in [3.05, 3.63) is 82.2 Å². The van der Waals surface area contributed by atoms with Crippen LogP contribution < -0.4 is 0 Å². The van der Waals surface area contributed by atoms with Crippen molar-refractivity contribution in [2.45, 2.75) is 57.4 Å². The molecule has 1 aliphatic heterocycles. The number of aromatic nitrogens is 2. The van der Waals surface area contributed by atoms with Crippen LogP contribution in [-0.4, -0.2) is 9.55 Å². The fourth-order valence-electron chi connectivity index (χ4n) is 6.29. The van der Waals surface area contributed by atoms with Crippen LogP contribution in [0, 0.1) is 11.8 Å². The lowest BCUT2D eigenvalue weighted by molar-refractivity contribution is 0.212. The summed E-state index contributed by atoms with van der Waals surface area (Å²) >= 11 is 3.54. The number of halogens is 1. The van der Waals surface area contributed by atoms with Gasteiger partial charge in [0, 0.05) is 28.3 Å². The van der Waals surface area contributed by atoms with Crippen molar-refractivity contribution in [1.82, 2.24) is 9.55 Å². The Morgan fingerprint density at radius 3 is 2.90 bits per heavy atom. The highest BCUT2D eigenvalue weighted by molar-refractivity contribution is 9.10. The van der Waals surface area contributed by atoms with E-state index < -0.39 is 0 Å². The number of aryl methyl sites for hydroxylation is 2. The molecule has 0 bridgehead atoms. The van der Waals surface area contributed by atoms with Gasteiger partial charge in [-0.3, -0.25) is 4.98 Å². The van der Waals surface area contributed by atoms with E-state index in [0.717, 1.165) is 18.8 Å². The first-order valence-electron chi connectivity index (χ1n) is 11.9. The molecule has 0 amide bonds. The van der Waals surface area contributed by atoms with Gasteiger partial charge < -0.3 is 4.57 Å². The number of pyridine rings is 1. The van der Waals surface area contributed by atoms with Crippen LogP contribution in [0.2, 0.25) is 0 Å². The van der Waals surface area contributed by atoms with Gasteiger partial charge in [0.2, 0.25) is 0 Å². The predicted molar refractivity (Wildman–Crippen MR) is 132 cm³/mol. The third-order valence-electron chi connectivity index (χ3n) is 7.76. The van der Waals surface area contributed by atoms with E-state index in [1.54, 1.807) is 0 Å². The van der Waals surface area contributed by atoms with Gasteiger partial charge in [0.25, 0.3) is 0 Å². The Morgan fingerprint density at radius 1 is 1.10 bits per heavy atom. The van der Waals surface area contributed by atoms with Crippen LogP contribution in [0.15, 0.2) is 65.4 Å². The normalized spacial score (nSPS) is 24.4. The summed E-state index contributed by atoms with van der Waals surface area (Å²) in [4.78, 5) is 4.46. The number of benzene rings is 1. The average Bonchev–Trinajstić information content (AvgIpc) is 3.04. The van der Waals surface area contributed by atoms with E-state index in [9.17, 15) is 0 Å². The highest BCUT2D eigenvalue weighted by Gasteiger charge is 2.35. The molecule has 3 unspecified atom stereocenters. The van der Waals surface area contributed by atoms with Crippen molar-refractivity contribution < 1.29 is 0 Å². The zero-order chi connectivity index (χ0) is 20.8. The summed E-state index contributed by atoms with van der Waals surface area (Å²) in [5.41, 5.74) is 7.33. The second-order valence-electron chi connectivity index (χ2n) is 9.58. The molecule has 1 fully saturated rings. The Morgan fingerprint density at radius 2 is 2.00 bits per heavy atom. The molecule has 0 spiro atoms. The van der Waals surface area contributed by atoms with Gasteiger partial charge in [-0.25, -0.2) is 0 Å². The minimum Gasteiger partial charge on any atom is -0.336 e. The van der Waals surface area contributed by atoms with Gasteiger partial charge in [0.15, 0.2) is 0 Å². The first-order chi connectivity index (χ1) is 15.3. The smallest absolute Gasteiger partial charge is 0.0524 e. The summed E-state index contributed by atoms with van der Waals surface area (Å²) in [5, 5.41) is 1.38. The summed E-state index contributed by atoms with van der Waals surface area (Å²) < 4.78 is 3.88. The Hall–Kier alpha value is -2.13. The quantitative estimate of drug-likeness (QED) is 0.380. The maximum absolute atomic E-state index is 4.46. The van der Waals surface area contributed by atoms with Crippen molar-refractivity contribution in [3.8, 4) is 0 Å². The molecule has 0 N–H and O–H groups in total. The van der Waals surface area contributed by atoms with E-state index in [4.69, 9.17) is 0 Å². The van der Waals surface area contributed by atoms with Gasteiger partial charge >= 0.3 is 0 Å². The largest absolute Gasteiger partial charge is 0.336 e. The Kier molecular flexibility index (Phi) is 5.10. The van der Waals surface area contributed by atoms with Crippen LogP contribution >= 0.6 is 15.9 Å². The molecule has 3 aliphatic rings.